The van der Waals surface area contributed by atoms with E-state index in [1.807, 2.05) is 29.9 Å². The molecule has 1 heterocycles. The van der Waals surface area contributed by atoms with Gasteiger partial charge in [-0.1, -0.05) is 23.2 Å². The number of halogens is 2. The lowest BCUT2D eigenvalue weighted by atomic mass is 10.1. The molecule has 5 heteroatoms. The number of rotatable bonds is 2. The molecular formula is C13H11Cl2NO2. The van der Waals surface area contributed by atoms with Crippen LogP contribution in [0, 0.1) is 0 Å². The van der Waals surface area contributed by atoms with Gasteiger partial charge in [0.2, 0.25) is 0 Å². The van der Waals surface area contributed by atoms with Crippen LogP contribution in [-0.2, 0) is 11.8 Å². The Balaban J connectivity index is 2.56. The number of aryl methyl sites for hydroxylation is 1. The minimum absolute atomic E-state index is 0.193. The summed E-state index contributed by atoms with van der Waals surface area (Å²) in [6.07, 6.45) is 1.92. The quantitative estimate of drug-likeness (QED) is 0.786. The van der Waals surface area contributed by atoms with Crippen LogP contribution in [0.3, 0.4) is 0 Å². The van der Waals surface area contributed by atoms with E-state index < -0.39 is 5.97 Å². The molecule has 0 unspecified atom stereocenters. The Kier molecular flexibility index (Phi) is 3.64. The summed E-state index contributed by atoms with van der Waals surface area (Å²) >= 11 is 12.2. The van der Waals surface area contributed by atoms with Gasteiger partial charge in [0, 0.05) is 24.5 Å². The van der Waals surface area contributed by atoms with E-state index in [1.165, 1.54) is 7.11 Å². The van der Waals surface area contributed by atoms with Crippen molar-refractivity contribution in [3.63, 3.8) is 0 Å². The molecule has 0 saturated heterocycles. The monoisotopic (exact) mass is 283 g/mol. The summed E-state index contributed by atoms with van der Waals surface area (Å²) in [5, 5.41) is 0.566. The van der Waals surface area contributed by atoms with Crippen molar-refractivity contribution in [3.05, 3.63) is 46.1 Å². The van der Waals surface area contributed by atoms with Crippen LogP contribution >= 0.6 is 23.2 Å². The molecule has 0 N–H and O–H groups in total. The van der Waals surface area contributed by atoms with Crippen molar-refractivity contribution in [2.24, 2.45) is 7.05 Å². The van der Waals surface area contributed by atoms with E-state index in [-0.39, 0.29) is 15.6 Å². The molecule has 0 fully saturated rings. The Morgan fingerprint density at radius 1 is 1.28 bits per heavy atom. The van der Waals surface area contributed by atoms with E-state index in [2.05, 4.69) is 4.74 Å². The molecule has 1 aromatic carbocycles. The van der Waals surface area contributed by atoms with Gasteiger partial charge in [0.25, 0.3) is 0 Å². The number of methoxy groups -OCH3 is 1. The third-order valence-corrected chi connectivity index (χ3v) is 3.27. The van der Waals surface area contributed by atoms with Gasteiger partial charge in [-0.3, -0.25) is 0 Å². The molecule has 0 radical (unpaired) electrons. The van der Waals surface area contributed by atoms with Crippen LogP contribution in [0.1, 0.15) is 10.4 Å². The summed E-state index contributed by atoms with van der Waals surface area (Å²) in [6, 6.07) is 7.27. The average Bonchev–Trinajstić information content (AvgIpc) is 2.74. The lowest BCUT2D eigenvalue weighted by Gasteiger charge is -2.09. The molecule has 0 bridgehead atoms. The van der Waals surface area contributed by atoms with E-state index in [0.29, 0.717) is 0 Å². The SMILES string of the molecule is COC(=O)c1c(Cl)cc(-c2cccn2C)cc1Cl. The topological polar surface area (TPSA) is 31.2 Å². The fraction of sp³-hybridized carbons (Fsp3) is 0.154. The van der Waals surface area contributed by atoms with Crippen molar-refractivity contribution in [1.82, 2.24) is 4.57 Å². The first-order chi connectivity index (χ1) is 8.54. The Hall–Kier alpha value is -1.45. The molecule has 0 aliphatic rings. The van der Waals surface area contributed by atoms with Crippen molar-refractivity contribution in [3.8, 4) is 11.3 Å². The molecule has 0 aliphatic heterocycles. The third kappa shape index (κ3) is 2.24. The van der Waals surface area contributed by atoms with Gasteiger partial charge in [-0.15, -0.1) is 0 Å². The Morgan fingerprint density at radius 3 is 2.33 bits per heavy atom. The first-order valence-electron chi connectivity index (χ1n) is 5.23. The highest BCUT2D eigenvalue weighted by atomic mass is 35.5. The molecule has 2 aromatic rings. The van der Waals surface area contributed by atoms with Gasteiger partial charge in [-0.05, 0) is 24.3 Å². The minimum Gasteiger partial charge on any atom is -0.465 e. The zero-order chi connectivity index (χ0) is 13.3. The molecule has 18 heavy (non-hydrogen) atoms. The summed E-state index contributed by atoms with van der Waals surface area (Å²) in [6.45, 7) is 0. The fourth-order valence-electron chi connectivity index (χ4n) is 1.78. The largest absolute Gasteiger partial charge is 0.465 e. The molecule has 0 atom stereocenters. The van der Waals surface area contributed by atoms with Crippen LogP contribution in [0.2, 0.25) is 10.0 Å². The normalized spacial score (nSPS) is 10.4. The average molecular weight is 284 g/mol. The van der Waals surface area contributed by atoms with Crippen molar-refractivity contribution < 1.29 is 9.53 Å². The number of esters is 1. The highest BCUT2D eigenvalue weighted by Gasteiger charge is 2.17. The Labute approximate surface area is 115 Å². The maximum Gasteiger partial charge on any atom is 0.340 e. The predicted molar refractivity (Wildman–Crippen MR) is 72.2 cm³/mol. The fourth-order valence-corrected chi connectivity index (χ4v) is 2.42. The lowest BCUT2D eigenvalue weighted by molar-refractivity contribution is 0.0601. The van der Waals surface area contributed by atoms with Crippen molar-refractivity contribution in [2.75, 3.05) is 7.11 Å². The molecule has 0 spiro atoms. The van der Waals surface area contributed by atoms with Gasteiger partial charge in [-0.25, -0.2) is 4.79 Å². The van der Waals surface area contributed by atoms with Gasteiger partial charge in [0.1, 0.15) is 0 Å². The van der Waals surface area contributed by atoms with Gasteiger partial charge >= 0.3 is 5.97 Å². The molecule has 2 rings (SSSR count). The summed E-state index contributed by atoms with van der Waals surface area (Å²) in [5.74, 6) is -0.538. The molecular weight excluding hydrogens is 273 g/mol. The van der Waals surface area contributed by atoms with Crippen LogP contribution in [0.25, 0.3) is 11.3 Å². The molecule has 94 valence electrons. The summed E-state index contributed by atoms with van der Waals surface area (Å²) in [7, 11) is 3.21. The number of hydrogen-bond acceptors (Lipinski definition) is 2. The zero-order valence-corrected chi connectivity index (χ0v) is 11.4. The van der Waals surface area contributed by atoms with Crippen LogP contribution in [0.4, 0.5) is 0 Å². The van der Waals surface area contributed by atoms with Crippen LogP contribution < -0.4 is 0 Å². The van der Waals surface area contributed by atoms with Crippen LogP contribution in [0.5, 0.6) is 0 Å². The van der Waals surface area contributed by atoms with Gasteiger partial charge in [0.05, 0.1) is 22.7 Å². The maximum absolute atomic E-state index is 11.5. The van der Waals surface area contributed by atoms with Crippen molar-refractivity contribution in [1.29, 1.82) is 0 Å². The van der Waals surface area contributed by atoms with Gasteiger partial charge in [-0.2, -0.15) is 0 Å². The van der Waals surface area contributed by atoms with Crippen molar-refractivity contribution >= 4 is 29.2 Å². The Morgan fingerprint density at radius 2 is 1.89 bits per heavy atom. The third-order valence-electron chi connectivity index (χ3n) is 2.67. The summed E-state index contributed by atoms with van der Waals surface area (Å²) < 4.78 is 6.58. The number of carbonyl (C=O) groups is 1. The number of carbonyl (C=O) groups excluding carboxylic acids is 1. The number of nitrogens with zero attached hydrogens (tertiary/aromatic N) is 1. The first kappa shape index (κ1) is 13.0. The molecule has 0 amide bonds. The van der Waals surface area contributed by atoms with E-state index in [9.17, 15) is 4.79 Å². The standard InChI is InChI=1S/C13H11Cl2NO2/c1-16-5-3-4-11(16)8-6-9(14)12(10(15)7-8)13(17)18-2/h3-7H,1-2H3. The lowest BCUT2D eigenvalue weighted by Crippen LogP contribution is -2.03. The number of aromatic nitrogens is 1. The maximum atomic E-state index is 11.5. The molecule has 0 saturated carbocycles. The number of benzene rings is 1. The Bertz CT molecular complexity index is 582. The molecule has 0 aliphatic carbocycles. The highest BCUT2D eigenvalue weighted by Crippen LogP contribution is 2.32. The first-order valence-corrected chi connectivity index (χ1v) is 5.99. The van der Waals surface area contributed by atoms with E-state index >= 15 is 0 Å². The molecule has 3 nitrogen and oxygen atoms in total. The van der Waals surface area contributed by atoms with Gasteiger partial charge < -0.3 is 9.30 Å². The highest BCUT2D eigenvalue weighted by molar-refractivity contribution is 6.39. The minimum atomic E-state index is -0.538. The number of hydrogen-bond donors (Lipinski definition) is 0. The van der Waals surface area contributed by atoms with E-state index in [1.54, 1.807) is 12.1 Å². The van der Waals surface area contributed by atoms with Crippen molar-refractivity contribution in [2.45, 2.75) is 0 Å². The second-order valence-electron chi connectivity index (χ2n) is 3.81. The second-order valence-corrected chi connectivity index (χ2v) is 4.63. The summed E-state index contributed by atoms with van der Waals surface area (Å²) in [5.41, 5.74) is 2.01. The van der Waals surface area contributed by atoms with E-state index in [4.69, 9.17) is 23.2 Å². The molecule has 1 aromatic heterocycles. The van der Waals surface area contributed by atoms with Crippen LogP contribution in [0.15, 0.2) is 30.5 Å². The second kappa shape index (κ2) is 5.04. The summed E-state index contributed by atoms with van der Waals surface area (Å²) in [4.78, 5) is 11.5. The smallest absolute Gasteiger partial charge is 0.340 e. The van der Waals surface area contributed by atoms with Crippen LogP contribution in [-0.4, -0.2) is 17.6 Å². The number of ether oxygens (including phenoxy) is 1. The predicted octanol–water partition coefficient (Wildman–Crippen LogP) is 3.79. The zero-order valence-electron chi connectivity index (χ0n) is 9.91. The van der Waals surface area contributed by atoms with Gasteiger partial charge in [0.15, 0.2) is 0 Å². The van der Waals surface area contributed by atoms with E-state index in [0.717, 1.165) is 11.3 Å².